The number of nitrogens with zero attached hydrogens (tertiary/aromatic N) is 3. The number of benzene rings is 1. The van der Waals surface area contributed by atoms with E-state index in [1.54, 1.807) is 5.01 Å². The molecule has 3 heteroatoms. The van der Waals surface area contributed by atoms with Crippen LogP contribution in [0, 0.1) is 0 Å². The molecular formula is C11H11N3. The molecule has 14 heavy (non-hydrogen) atoms. The van der Waals surface area contributed by atoms with Gasteiger partial charge in [0.25, 0.3) is 0 Å². The smallest absolute Gasteiger partial charge is 0.0874 e. The Bertz CT molecular complexity index is 365. The standard InChI is InChI=1S/C11H11N3/c1-3-7-11(8-4-1)12-13-14-9-5-2-6-10-14/h1-9H,10H2. The van der Waals surface area contributed by atoms with Gasteiger partial charge in [0.15, 0.2) is 0 Å². The Balaban J connectivity index is 2.01. The van der Waals surface area contributed by atoms with Crippen LogP contribution in [0.2, 0.25) is 0 Å². The number of hydrogen-bond acceptors (Lipinski definition) is 2. The molecule has 3 nitrogen and oxygen atoms in total. The fourth-order valence-corrected chi connectivity index (χ4v) is 1.13. The van der Waals surface area contributed by atoms with Gasteiger partial charge >= 0.3 is 0 Å². The lowest BCUT2D eigenvalue weighted by atomic mass is 10.3. The molecule has 0 unspecified atom stereocenters. The van der Waals surface area contributed by atoms with Gasteiger partial charge in [-0.3, -0.25) is 5.01 Å². The number of allylic oxidation sites excluding steroid dienone is 2. The molecule has 0 saturated heterocycles. The molecule has 0 fully saturated rings. The van der Waals surface area contributed by atoms with Crippen LogP contribution in [-0.4, -0.2) is 11.6 Å². The van der Waals surface area contributed by atoms with E-state index < -0.39 is 0 Å². The fraction of sp³-hybridized carbons (Fsp3) is 0.0909. The van der Waals surface area contributed by atoms with Crippen molar-refractivity contribution in [2.45, 2.75) is 0 Å². The van der Waals surface area contributed by atoms with Crippen LogP contribution in [0.5, 0.6) is 0 Å². The summed E-state index contributed by atoms with van der Waals surface area (Å²) in [5.41, 5.74) is 0.871. The molecule has 1 aliphatic rings. The molecule has 0 aromatic heterocycles. The van der Waals surface area contributed by atoms with Crippen LogP contribution < -0.4 is 0 Å². The first-order valence-electron chi connectivity index (χ1n) is 4.52. The molecule has 1 aromatic rings. The zero-order valence-electron chi connectivity index (χ0n) is 7.74. The lowest BCUT2D eigenvalue weighted by Crippen LogP contribution is -2.10. The van der Waals surface area contributed by atoms with E-state index >= 15 is 0 Å². The fourth-order valence-electron chi connectivity index (χ4n) is 1.13. The molecule has 1 aliphatic heterocycles. The van der Waals surface area contributed by atoms with Crippen molar-refractivity contribution in [2.24, 2.45) is 10.3 Å². The average Bonchev–Trinajstić information content (AvgIpc) is 2.29. The van der Waals surface area contributed by atoms with E-state index in [-0.39, 0.29) is 0 Å². The third-order valence-electron chi connectivity index (χ3n) is 1.83. The van der Waals surface area contributed by atoms with Gasteiger partial charge in [0.2, 0.25) is 0 Å². The third kappa shape index (κ3) is 2.29. The van der Waals surface area contributed by atoms with Gasteiger partial charge in [0.05, 0.1) is 12.2 Å². The zero-order chi connectivity index (χ0) is 9.64. The van der Waals surface area contributed by atoms with E-state index in [0.29, 0.717) is 0 Å². The van der Waals surface area contributed by atoms with E-state index in [1.165, 1.54) is 0 Å². The van der Waals surface area contributed by atoms with E-state index in [0.717, 1.165) is 12.2 Å². The predicted molar refractivity (Wildman–Crippen MR) is 55.9 cm³/mol. The lowest BCUT2D eigenvalue weighted by molar-refractivity contribution is 0.411. The maximum Gasteiger partial charge on any atom is 0.0874 e. The molecule has 0 amide bonds. The molecular weight excluding hydrogens is 174 g/mol. The van der Waals surface area contributed by atoms with Crippen LogP contribution in [0.15, 0.2) is 65.1 Å². The molecule has 70 valence electrons. The van der Waals surface area contributed by atoms with Gasteiger partial charge in [-0.2, -0.15) is 0 Å². The van der Waals surface area contributed by atoms with Gasteiger partial charge in [-0.05, 0) is 18.2 Å². The van der Waals surface area contributed by atoms with Crippen molar-refractivity contribution in [3.8, 4) is 0 Å². The van der Waals surface area contributed by atoms with Crippen molar-refractivity contribution < 1.29 is 0 Å². The largest absolute Gasteiger partial charge is 0.250 e. The van der Waals surface area contributed by atoms with Crippen LogP contribution in [-0.2, 0) is 0 Å². The summed E-state index contributed by atoms with van der Waals surface area (Å²) in [6.07, 6.45) is 7.86. The summed E-state index contributed by atoms with van der Waals surface area (Å²) >= 11 is 0. The predicted octanol–water partition coefficient (Wildman–Crippen LogP) is 3.07. The first kappa shape index (κ1) is 8.69. The summed E-state index contributed by atoms with van der Waals surface area (Å²) in [4.78, 5) is 0. The summed E-state index contributed by atoms with van der Waals surface area (Å²) < 4.78 is 0. The van der Waals surface area contributed by atoms with Crippen molar-refractivity contribution in [1.29, 1.82) is 0 Å². The van der Waals surface area contributed by atoms with E-state index in [2.05, 4.69) is 10.3 Å². The normalized spacial score (nSPS) is 15.3. The van der Waals surface area contributed by atoms with Crippen molar-refractivity contribution in [3.05, 3.63) is 54.8 Å². The Labute approximate surface area is 83.0 Å². The van der Waals surface area contributed by atoms with Crippen molar-refractivity contribution in [1.82, 2.24) is 5.01 Å². The van der Waals surface area contributed by atoms with Gasteiger partial charge in [-0.25, -0.2) is 0 Å². The summed E-state index contributed by atoms with van der Waals surface area (Å²) in [5.74, 6) is 0. The third-order valence-corrected chi connectivity index (χ3v) is 1.83. The highest BCUT2D eigenvalue weighted by Crippen LogP contribution is 2.11. The maximum absolute atomic E-state index is 4.10. The molecule has 0 N–H and O–H groups in total. The molecule has 0 radical (unpaired) electrons. The Morgan fingerprint density at radius 1 is 1.07 bits per heavy atom. The van der Waals surface area contributed by atoms with Gasteiger partial charge in [0.1, 0.15) is 0 Å². The molecule has 2 rings (SSSR count). The van der Waals surface area contributed by atoms with Crippen molar-refractivity contribution in [3.63, 3.8) is 0 Å². The minimum Gasteiger partial charge on any atom is -0.250 e. The Morgan fingerprint density at radius 3 is 2.64 bits per heavy atom. The minimum atomic E-state index is 0.785. The number of hydrogen-bond donors (Lipinski definition) is 0. The number of rotatable bonds is 2. The quantitative estimate of drug-likeness (QED) is 0.651. The molecule has 1 heterocycles. The topological polar surface area (TPSA) is 28.0 Å². The molecule has 1 aromatic carbocycles. The maximum atomic E-state index is 4.10. The first-order chi connectivity index (χ1) is 6.95. The van der Waals surface area contributed by atoms with E-state index in [1.807, 2.05) is 54.8 Å². The second-order valence-corrected chi connectivity index (χ2v) is 2.92. The molecule has 0 bridgehead atoms. The van der Waals surface area contributed by atoms with E-state index in [4.69, 9.17) is 0 Å². The van der Waals surface area contributed by atoms with Crippen molar-refractivity contribution in [2.75, 3.05) is 6.54 Å². The Morgan fingerprint density at radius 2 is 1.93 bits per heavy atom. The van der Waals surface area contributed by atoms with Gasteiger partial charge in [-0.1, -0.05) is 35.6 Å². The SMILES string of the molecule is C1=CCN(N=Nc2ccccc2)C=C1. The molecule has 0 aliphatic carbocycles. The van der Waals surface area contributed by atoms with Crippen LogP contribution in [0.1, 0.15) is 0 Å². The van der Waals surface area contributed by atoms with Crippen LogP contribution in [0.3, 0.4) is 0 Å². The summed E-state index contributed by atoms with van der Waals surface area (Å²) in [6.45, 7) is 0.785. The Kier molecular flexibility index (Phi) is 2.71. The highest BCUT2D eigenvalue weighted by atomic mass is 15.5. The van der Waals surface area contributed by atoms with Crippen molar-refractivity contribution >= 4 is 5.69 Å². The van der Waals surface area contributed by atoms with Crippen LogP contribution in [0.4, 0.5) is 5.69 Å². The first-order valence-corrected chi connectivity index (χ1v) is 4.52. The summed E-state index contributed by atoms with van der Waals surface area (Å²) in [7, 11) is 0. The average molecular weight is 185 g/mol. The highest BCUT2D eigenvalue weighted by Gasteiger charge is 1.95. The summed E-state index contributed by atoms with van der Waals surface area (Å²) in [5, 5.41) is 9.95. The van der Waals surface area contributed by atoms with Gasteiger partial charge in [-0.15, -0.1) is 5.11 Å². The van der Waals surface area contributed by atoms with E-state index in [9.17, 15) is 0 Å². The van der Waals surface area contributed by atoms with Gasteiger partial charge in [0, 0.05) is 6.20 Å². The Hall–Kier alpha value is -1.90. The lowest BCUT2D eigenvalue weighted by Gasteiger charge is -2.11. The minimum absolute atomic E-state index is 0.785. The highest BCUT2D eigenvalue weighted by molar-refractivity contribution is 5.34. The second-order valence-electron chi connectivity index (χ2n) is 2.92. The van der Waals surface area contributed by atoms with Gasteiger partial charge < -0.3 is 0 Å². The monoisotopic (exact) mass is 185 g/mol. The van der Waals surface area contributed by atoms with Crippen LogP contribution >= 0.6 is 0 Å². The summed E-state index contributed by atoms with van der Waals surface area (Å²) in [6, 6.07) is 9.70. The van der Waals surface area contributed by atoms with Crippen LogP contribution in [0.25, 0.3) is 0 Å². The molecule has 0 saturated carbocycles. The molecule has 0 spiro atoms. The molecule has 0 atom stereocenters. The zero-order valence-corrected chi connectivity index (χ0v) is 7.74. The second kappa shape index (κ2) is 4.37.